The Balaban J connectivity index is 1.79. The van der Waals surface area contributed by atoms with Crippen molar-refractivity contribution < 1.29 is 19.1 Å². The van der Waals surface area contributed by atoms with E-state index in [-0.39, 0.29) is 0 Å². The summed E-state index contributed by atoms with van der Waals surface area (Å²) in [6.45, 7) is 0.732. The van der Waals surface area contributed by atoms with Gasteiger partial charge in [0.05, 0.1) is 0 Å². The van der Waals surface area contributed by atoms with Gasteiger partial charge in [-0.1, -0.05) is 60.7 Å². The molecule has 0 N–H and O–H groups in total. The van der Waals surface area contributed by atoms with E-state index in [9.17, 15) is 4.79 Å². The van der Waals surface area contributed by atoms with Gasteiger partial charge in [-0.25, -0.2) is 0 Å². The molecule has 0 spiro atoms. The van der Waals surface area contributed by atoms with Crippen LogP contribution in [0.25, 0.3) is 5.53 Å². The van der Waals surface area contributed by atoms with E-state index in [0.717, 1.165) is 17.3 Å². The van der Waals surface area contributed by atoms with Gasteiger partial charge in [0.15, 0.2) is 0 Å². The number of benzene rings is 3. The van der Waals surface area contributed by atoms with Crippen molar-refractivity contribution in [1.82, 2.24) is 0 Å². The lowest BCUT2D eigenvalue weighted by atomic mass is 10.1. The summed E-state index contributed by atoms with van der Waals surface area (Å²) in [4.78, 5) is 14.9. The first-order valence-electron chi connectivity index (χ1n) is 8.45. The second-order valence-corrected chi connectivity index (χ2v) is 5.85. The van der Waals surface area contributed by atoms with Crippen molar-refractivity contribution in [2.45, 2.75) is 13.2 Å². The van der Waals surface area contributed by atoms with E-state index in [1.807, 2.05) is 60.7 Å². The minimum absolute atomic E-state index is 0.321. The van der Waals surface area contributed by atoms with Crippen LogP contribution in [-0.2, 0) is 13.2 Å². The Kier molecular flexibility index (Phi) is 6.13. The van der Waals surface area contributed by atoms with Crippen LogP contribution in [0.3, 0.4) is 0 Å². The topological polar surface area (TPSA) is 71.9 Å². The summed E-state index contributed by atoms with van der Waals surface area (Å²) in [5, 5.41) is 0. The highest BCUT2D eigenvalue weighted by Crippen LogP contribution is 2.25. The number of hydrogen-bond acceptors (Lipinski definition) is 3. The number of Topliss-reactive ketones (excluding diaryl/α,β-unsaturated/α-hetero) is 1. The predicted octanol–water partition coefficient (Wildman–Crippen LogP) is 4.33. The molecule has 3 rings (SSSR count). The van der Waals surface area contributed by atoms with E-state index in [1.54, 1.807) is 18.2 Å². The summed E-state index contributed by atoms with van der Waals surface area (Å²) in [6, 6.07) is 24.4. The molecule has 0 saturated heterocycles. The first-order chi connectivity index (χ1) is 13.2. The lowest BCUT2D eigenvalue weighted by Gasteiger charge is -2.11. The standard InChI is InChI=1S/C22H18N2O3/c23-24-14-22(25)19-11-20(26-15-17-7-3-1-4-8-17)13-21(12-19)27-16-18-9-5-2-6-10-18/h1-14H,15-16H2. The quantitative estimate of drug-likeness (QED) is 0.260. The van der Waals surface area contributed by atoms with Gasteiger partial charge in [-0.05, 0) is 23.3 Å². The SMILES string of the molecule is [N-]=[N+]=CC(=O)c1cc(OCc2ccccc2)cc(OCc2ccccc2)c1. The zero-order chi connectivity index (χ0) is 18.9. The number of carbonyl (C=O) groups is 1. The van der Waals surface area contributed by atoms with Crippen molar-refractivity contribution in [1.29, 1.82) is 0 Å². The van der Waals surface area contributed by atoms with Crippen LogP contribution >= 0.6 is 0 Å². The van der Waals surface area contributed by atoms with Gasteiger partial charge < -0.3 is 15.0 Å². The van der Waals surface area contributed by atoms with E-state index < -0.39 is 5.78 Å². The summed E-state index contributed by atoms with van der Waals surface area (Å²) >= 11 is 0. The summed E-state index contributed by atoms with van der Waals surface area (Å²) in [5.41, 5.74) is 11.0. The molecule has 3 aromatic rings. The predicted molar refractivity (Wildman–Crippen MR) is 102 cm³/mol. The van der Waals surface area contributed by atoms with Crippen molar-refractivity contribution in [3.63, 3.8) is 0 Å². The molecular weight excluding hydrogens is 340 g/mol. The largest absolute Gasteiger partial charge is 0.489 e. The maximum absolute atomic E-state index is 12.1. The average molecular weight is 358 g/mol. The molecule has 0 aliphatic rings. The van der Waals surface area contributed by atoms with E-state index in [2.05, 4.69) is 4.79 Å². The Hall–Kier alpha value is -3.69. The van der Waals surface area contributed by atoms with Crippen LogP contribution < -0.4 is 9.47 Å². The van der Waals surface area contributed by atoms with Crippen LogP contribution in [0.4, 0.5) is 0 Å². The zero-order valence-corrected chi connectivity index (χ0v) is 14.6. The van der Waals surface area contributed by atoms with E-state index >= 15 is 0 Å². The monoisotopic (exact) mass is 358 g/mol. The first kappa shape index (κ1) is 18.1. The smallest absolute Gasteiger partial charge is 0.328 e. The zero-order valence-electron chi connectivity index (χ0n) is 14.6. The molecular formula is C22H18N2O3. The summed E-state index contributed by atoms with van der Waals surface area (Å²) in [6.07, 6.45) is 0.845. The Bertz CT molecular complexity index is 888. The van der Waals surface area contributed by atoms with Gasteiger partial charge in [-0.2, -0.15) is 4.79 Å². The summed E-state index contributed by atoms with van der Waals surface area (Å²) in [7, 11) is 0. The Morgan fingerprint density at radius 3 is 1.74 bits per heavy atom. The highest BCUT2D eigenvalue weighted by atomic mass is 16.5. The lowest BCUT2D eigenvalue weighted by molar-refractivity contribution is 0.00234. The van der Waals surface area contributed by atoms with Crippen LogP contribution in [0.5, 0.6) is 11.5 Å². The Morgan fingerprint density at radius 2 is 1.30 bits per heavy atom. The molecule has 5 heteroatoms. The molecule has 0 radical (unpaired) electrons. The first-order valence-corrected chi connectivity index (χ1v) is 8.45. The van der Waals surface area contributed by atoms with Crippen LogP contribution in [0.15, 0.2) is 78.9 Å². The minimum Gasteiger partial charge on any atom is -0.489 e. The molecule has 27 heavy (non-hydrogen) atoms. The van der Waals surface area contributed by atoms with Gasteiger partial charge in [0, 0.05) is 11.6 Å². The highest BCUT2D eigenvalue weighted by Gasteiger charge is 2.12. The third-order valence-corrected chi connectivity index (χ3v) is 3.84. The fourth-order valence-corrected chi connectivity index (χ4v) is 2.49. The molecule has 134 valence electrons. The summed E-state index contributed by atoms with van der Waals surface area (Å²) < 4.78 is 11.6. The molecule has 0 saturated carbocycles. The number of carbonyl (C=O) groups excluding carboxylic acids is 1. The van der Waals surface area contributed by atoms with Gasteiger partial charge in [0.2, 0.25) is 0 Å². The number of hydrogen-bond donors (Lipinski definition) is 0. The van der Waals surface area contributed by atoms with Crippen molar-refractivity contribution in [2.75, 3.05) is 0 Å². The third kappa shape index (κ3) is 5.39. The van der Waals surface area contributed by atoms with Gasteiger partial charge >= 0.3 is 6.21 Å². The molecule has 0 bridgehead atoms. The molecule has 0 aliphatic heterocycles. The molecule has 0 heterocycles. The van der Waals surface area contributed by atoms with E-state index in [4.69, 9.17) is 15.0 Å². The van der Waals surface area contributed by atoms with E-state index in [1.165, 1.54) is 0 Å². The van der Waals surface area contributed by atoms with Gasteiger partial charge in [-0.15, -0.1) is 0 Å². The van der Waals surface area contributed by atoms with Crippen molar-refractivity contribution in [3.05, 3.63) is 101 Å². The van der Waals surface area contributed by atoms with E-state index in [0.29, 0.717) is 30.3 Å². The normalized spacial score (nSPS) is 9.93. The molecule has 0 unspecified atom stereocenters. The van der Waals surface area contributed by atoms with Crippen LogP contribution in [-0.4, -0.2) is 16.8 Å². The molecule has 0 atom stereocenters. The third-order valence-electron chi connectivity index (χ3n) is 3.84. The molecule has 0 aromatic heterocycles. The molecule has 0 amide bonds. The lowest BCUT2D eigenvalue weighted by Crippen LogP contribution is -2.04. The minimum atomic E-state index is -0.438. The number of ether oxygens (including phenoxy) is 2. The second kappa shape index (κ2) is 9.13. The number of nitrogens with zero attached hydrogens (tertiary/aromatic N) is 2. The van der Waals surface area contributed by atoms with Crippen molar-refractivity contribution >= 4 is 12.0 Å². The molecule has 0 fully saturated rings. The van der Waals surface area contributed by atoms with Crippen molar-refractivity contribution in [3.8, 4) is 11.5 Å². The van der Waals surface area contributed by atoms with Gasteiger partial charge in [0.25, 0.3) is 5.78 Å². The highest BCUT2D eigenvalue weighted by molar-refractivity contribution is 6.33. The number of ketones is 1. The molecule has 3 aromatic carbocycles. The van der Waals surface area contributed by atoms with Gasteiger partial charge in [-0.3, -0.25) is 4.79 Å². The second-order valence-electron chi connectivity index (χ2n) is 5.85. The number of rotatable bonds is 8. The fourth-order valence-electron chi connectivity index (χ4n) is 2.49. The van der Waals surface area contributed by atoms with Crippen LogP contribution in [0.1, 0.15) is 21.5 Å². The van der Waals surface area contributed by atoms with Crippen LogP contribution in [0.2, 0.25) is 0 Å². The summed E-state index contributed by atoms with van der Waals surface area (Å²) in [5.74, 6) is 0.561. The van der Waals surface area contributed by atoms with Gasteiger partial charge in [0.1, 0.15) is 24.7 Å². The maximum atomic E-state index is 12.1. The Labute approximate surface area is 157 Å². The van der Waals surface area contributed by atoms with Crippen LogP contribution in [0, 0.1) is 0 Å². The fraction of sp³-hybridized carbons (Fsp3) is 0.0909. The van der Waals surface area contributed by atoms with Crippen molar-refractivity contribution in [2.24, 2.45) is 0 Å². The molecule has 0 aliphatic carbocycles. The average Bonchev–Trinajstić information content (AvgIpc) is 2.72. The Morgan fingerprint density at radius 1 is 0.815 bits per heavy atom. The maximum Gasteiger partial charge on any atom is 0.328 e. The molecule has 5 nitrogen and oxygen atoms in total.